The molecule has 1 spiro atoms. The smallest absolute Gasteiger partial charge is 0.293 e. The largest absolute Gasteiger partial charge is 0.334 e. The van der Waals surface area contributed by atoms with E-state index >= 15 is 0 Å². The van der Waals surface area contributed by atoms with Crippen LogP contribution in [0.3, 0.4) is 0 Å². The maximum absolute atomic E-state index is 12.6. The Hall–Kier alpha value is -2.12. The molecule has 1 atom stereocenters. The Morgan fingerprint density at radius 2 is 2.09 bits per heavy atom. The lowest BCUT2D eigenvalue weighted by atomic mass is 9.81. The fourth-order valence-electron chi connectivity index (χ4n) is 3.25. The number of aromatic amines is 1. The molecule has 7 nitrogen and oxygen atoms in total. The lowest BCUT2D eigenvalue weighted by Gasteiger charge is -2.22. The van der Waals surface area contributed by atoms with Gasteiger partial charge in [0.2, 0.25) is 11.7 Å². The number of benzene rings is 1. The molecule has 1 aromatic heterocycles. The third-order valence-electron chi connectivity index (χ3n) is 4.42. The van der Waals surface area contributed by atoms with Gasteiger partial charge >= 0.3 is 0 Å². The Morgan fingerprint density at radius 1 is 1.30 bits per heavy atom. The average Bonchev–Trinajstić information content (AvgIpc) is 3.23. The third-order valence-corrected chi connectivity index (χ3v) is 5.14. The minimum absolute atomic E-state index is 0.0924. The van der Waals surface area contributed by atoms with Crippen LogP contribution in [0, 0.1) is 0 Å². The van der Waals surface area contributed by atoms with Gasteiger partial charge in [0.25, 0.3) is 5.91 Å². The average molecular weight is 352 g/mol. The second-order valence-electron chi connectivity index (χ2n) is 5.65. The lowest BCUT2D eigenvalue weighted by molar-refractivity contribution is -0.120. The number of likely N-dealkylation sites (tertiary alicyclic amines) is 1. The molecule has 2 aromatic rings. The van der Waals surface area contributed by atoms with Gasteiger partial charge in [0.1, 0.15) is 6.33 Å². The maximum atomic E-state index is 12.6. The third kappa shape index (κ3) is 2.04. The first-order chi connectivity index (χ1) is 11.0. The number of fused-ring (bicyclic) bond motifs is 2. The Bertz CT molecular complexity index is 823. The fourth-order valence-corrected chi connectivity index (χ4v) is 3.58. The van der Waals surface area contributed by atoms with Crippen LogP contribution in [0.15, 0.2) is 18.5 Å². The highest BCUT2D eigenvalue weighted by Gasteiger charge is 2.52. The summed E-state index contributed by atoms with van der Waals surface area (Å²) in [7, 11) is 0. The molecule has 1 fully saturated rings. The number of rotatable bonds is 1. The molecule has 2 amide bonds. The van der Waals surface area contributed by atoms with E-state index in [9.17, 15) is 9.59 Å². The number of carbonyl (C=O) groups excluding carboxylic acids is 2. The quantitative estimate of drug-likeness (QED) is 0.820. The first-order valence-corrected chi connectivity index (χ1v) is 7.73. The highest BCUT2D eigenvalue weighted by Crippen LogP contribution is 2.46. The van der Waals surface area contributed by atoms with E-state index in [2.05, 4.69) is 20.5 Å². The van der Waals surface area contributed by atoms with E-state index in [1.165, 1.54) is 6.33 Å². The number of anilines is 1. The molecule has 0 unspecified atom stereocenters. The topological polar surface area (TPSA) is 91.0 Å². The summed E-state index contributed by atoms with van der Waals surface area (Å²) in [4.78, 5) is 30.4. The molecule has 1 aromatic carbocycles. The molecule has 118 valence electrons. The molecule has 3 heterocycles. The molecule has 2 N–H and O–H groups in total. The second kappa shape index (κ2) is 4.94. The number of hydrogen-bond donors (Lipinski definition) is 2. The van der Waals surface area contributed by atoms with Gasteiger partial charge in [0.15, 0.2) is 0 Å². The van der Waals surface area contributed by atoms with Gasteiger partial charge in [-0.05, 0) is 24.1 Å². The molecule has 2 aliphatic rings. The van der Waals surface area contributed by atoms with E-state index in [-0.39, 0.29) is 24.2 Å². The van der Waals surface area contributed by atoms with Crippen molar-refractivity contribution in [1.82, 2.24) is 20.1 Å². The van der Waals surface area contributed by atoms with Crippen LogP contribution in [0.2, 0.25) is 10.0 Å². The second-order valence-corrected chi connectivity index (χ2v) is 6.46. The molecule has 2 aliphatic heterocycles. The Labute approximate surface area is 141 Å². The van der Waals surface area contributed by atoms with Gasteiger partial charge in [-0.15, -0.1) is 5.10 Å². The Balaban J connectivity index is 1.70. The molecular formula is C14H11Cl2N5O2. The van der Waals surface area contributed by atoms with Crippen molar-refractivity contribution >= 4 is 40.7 Å². The van der Waals surface area contributed by atoms with Crippen LogP contribution in [0.1, 0.15) is 22.6 Å². The van der Waals surface area contributed by atoms with E-state index in [4.69, 9.17) is 23.2 Å². The molecular weight excluding hydrogens is 341 g/mol. The van der Waals surface area contributed by atoms with Crippen molar-refractivity contribution in [3.05, 3.63) is 39.9 Å². The van der Waals surface area contributed by atoms with Crippen molar-refractivity contribution < 1.29 is 9.59 Å². The van der Waals surface area contributed by atoms with Crippen LogP contribution in [0.4, 0.5) is 5.69 Å². The number of halogens is 2. The first-order valence-electron chi connectivity index (χ1n) is 6.97. The molecule has 1 saturated heterocycles. The van der Waals surface area contributed by atoms with E-state index < -0.39 is 5.41 Å². The summed E-state index contributed by atoms with van der Waals surface area (Å²) in [5.41, 5.74) is 0.633. The number of hydrogen-bond acceptors (Lipinski definition) is 4. The highest BCUT2D eigenvalue weighted by atomic mass is 35.5. The van der Waals surface area contributed by atoms with Crippen molar-refractivity contribution in [2.24, 2.45) is 0 Å². The molecule has 4 rings (SSSR count). The van der Waals surface area contributed by atoms with Crippen LogP contribution >= 0.6 is 23.2 Å². The summed E-state index contributed by atoms with van der Waals surface area (Å²) in [6.07, 6.45) is 1.86. The van der Waals surface area contributed by atoms with Crippen LogP contribution in [-0.4, -0.2) is 45.0 Å². The summed E-state index contributed by atoms with van der Waals surface area (Å²) in [6.45, 7) is 0.706. The molecule has 9 heteroatoms. The van der Waals surface area contributed by atoms with Gasteiger partial charge in [-0.2, -0.15) is 0 Å². The Kier molecular flexibility index (Phi) is 3.11. The molecule has 0 radical (unpaired) electrons. The molecule has 0 aliphatic carbocycles. The maximum Gasteiger partial charge on any atom is 0.293 e. The molecule has 0 bridgehead atoms. The predicted molar refractivity (Wildman–Crippen MR) is 83.7 cm³/mol. The van der Waals surface area contributed by atoms with Crippen molar-refractivity contribution in [1.29, 1.82) is 0 Å². The summed E-state index contributed by atoms with van der Waals surface area (Å²) in [6, 6.07) is 3.35. The summed E-state index contributed by atoms with van der Waals surface area (Å²) < 4.78 is 0. The van der Waals surface area contributed by atoms with E-state index in [1.807, 2.05) is 0 Å². The number of nitrogens with zero attached hydrogens (tertiary/aromatic N) is 3. The van der Waals surface area contributed by atoms with Gasteiger partial charge in [0.05, 0.1) is 15.5 Å². The summed E-state index contributed by atoms with van der Waals surface area (Å²) in [5.74, 6) is -0.352. The van der Waals surface area contributed by atoms with E-state index in [0.29, 0.717) is 28.7 Å². The van der Waals surface area contributed by atoms with Gasteiger partial charge in [-0.1, -0.05) is 23.2 Å². The van der Waals surface area contributed by atoms with Crippen molar-refractivity contribution in [3.8, 4) is 0 Å². The number of carbonyl (C=O) groups is 2. The van der Waals surface area contributed by atoms with Crippen molar-refractivity contribution in [3.63, 3.8) is 0 Å². The number of H-pyrrole nitrogens is 1. The zero-order valence-electron chi connectivity index (χ0n) is 11.8. The van der Waals surface area contributed by atoms with Crippen molar-refractivity contribution in [2.75, 3.05) is 18.4 Å². The van der Waals surface area contributed by atoms with Crippen LogP contribution in [0.25, 0.3) is 0 Å². The van der Waals surface area contributed by atoms with Gasteiger partial charge < -0.3 is 10.2 Å². The predicted octanol–water partition coefficient (Wildman–Crippen LogP) is 1.85. The number of aromatic nitrogens is 3. The van der Waals surface area contributed by atoms with Crippen LogP contribution in [0.5, 0.6) is 0 Å². The number of nitrogens with one attached hydrogen (secondary N) is 2. The van der Waals surface area contributed by atoms with E-state index in [0.717, 1.165) is 5.56 Å². The van der Waals surface area contributed by atoms with Crippen molar-refractivity contribution in [2.45, 2.75) is 11.8 Å². The standard InChI is InChI=1S/C14H11Cl2N5O2/c15-8-3-7-10(4-9(8)16)19-13(23)14(7)1-2-21(5-14)12(22)11-17-6-18-20-11/h3-4,6H,1-2,5H2,(H,19,23)(H,17,18,20)/t14-/m1/s1. The lowest BCUT2D eigenvalue weighted by Crippen LogP contribution is -2.39. The van der Waals surface area contributed by atoms with Gasteiger partial charge in [-0.25, -0.2) is 4.98 Å². The zero-order valence-corrected chi connectivity index (χ0v) is 13.3. The summed E-state index contributed by atoms with van der Waals surface area (Å²) in [5, 5.41) is 9.92. The van der Waals surface area contributed by atoms with Crippen LogP contribution < -0.4 is 5.32 Å². The van der Waals surface area contributed by atoms with Gasteiger partial charge in [-0.3, -0.25) is 14.7 Å². The fraction of sp³-hybridized carbons (Fsp3) is 0.286. The minimum atomic E-state index is -0.796. The zero-order chi connectivity index (χ0) is 16.2. The van der Waals surface area contributed by atoms with Gasteiger partial charge in [0, 0.05) is 18.8 Å². The minimum Gasteiger partial charge on any atom is -0.334 e. The van der Waals surface area contributed by atoms with E-state index in [1.54, 1.807) is 17.0 Å². The normalized spacial score (nSPS) is 22.5. The first kappa shape index (κ1) is 14.5. The molecule has 23 heavy (non-hydrogen) atoms. The van der Waals surface area contributed by atoms with Crippen LogP contribution in [-0.2, 0) is 10.2 Å². The Morgan fingerprint density at radius 3 is 2.83 bits per heavy atom. The highest BCUT2D eigenvalue weighted by molar-refractivity contribution is 6.42. The monoisotopic (exact) mass is 351 g/mol. The molecule has 0 saturated carbocycles. The summed E-state index contributed by atoms with van der Waals surface area (Å²) >= 11 is 12.1. The SMILES string of the molecule is O=C(c1nc[nH]n1)N1CC[C@]2(C1)C(=O)Nc1cc(Cl)c(Cl)cc12. The number of amides is 2.